The second-order valence-corrected chi connectivity index (χ2v) is 13.1. The van der Waals surface area contributed by atoms with Gasteiger partial charge >= 0.3 is 0 Å². The van der Waals surface area contributed by atoms with Crippen LogP contribution in [0.3, 0.4) is 0 Å². The lowest BCUT2D eigenvalue weighted by molar-refractivity contribution is 0.669. The first-order chi connectivity index (χ1) is 26.7. The van der Waals surface area contributed by atoms with Gasteiger partial charge in [0.05, 0.1) is 11.4 Å². The smallest absolute Gasteiger partial charge is 0.164 e. The zero-order valence-electron chi connectivity index (χ0n) is 28.9. The van der Waals surface area contributed by atoms with Crippen LogP contribution in [-0.2, 0) is 0 Å². The van der Waals surface area contributed by atoms with Crippen molar-refractivity contribution in [2.45, 2.75) is 0 Å². The second kappa shape index (κ2) is 12.9. The van der Waals surface area contributed by atoms with Crippen molar-refractivity contribution < 1.29 is 4.42 Å². The number of anilines is 1. The van der Waals surface area contributed by atoms with Crippen LogP contribution < -0.4 is 5.43 Å². The van der Waals surface area contributed by atoms with Gasteiger partial charge in [-0.05, 0) is 63.9 Å². The predicted octanol–water partition coefficient (Wildman–Crippen LogP) is 11.5. The van der Waals surface area contributed by atoms with Crippen molar-refractivity contribution in [3.63, 3.8) is 0 Å². The summed E-state index contributed by atoms with van der Waals surface area (Å²) >= 11 is 0. The number of hydrogen-bond donors (Lipinski definition) is 2. The molecule has 2 heterocycles. The average molecular weight is 695 g/mol. The van der Waals surface area contributed by atoms with Gasteiger partial charge < -0.3 is 4.42 Å². The Morgan fingerprint density at radius 1 is 0.519 bits per heavy atom. The molecule has 0 aliphatic heterocycles. The molecule has 7 heteroatoms. The zero-order chi connectivity index (χ0) is 36.0. The van der Waals surface area contributed by atoms with Gasteiger partial charge in [-0.3, -0.25) is 10.8 Å². The third-order valence-electron chi connectivity index (χ3n) is 9.85. The molecule has 0 spiro atoms. The van der Waals surface area contributed by atoms with Crippen LogP contribution in [0.2, 0.25) is 0 Å². The van der Waals surface area contributed by atoms with Crippen molar-refractivity contribution >= 4 is 55.9 Å². The van der Waals surface area contributed by atoms with E-state index in [4.69, 9.17) is 19.4 Å². The fraction of sp³-hybridized carbons (Fsp3) is 0. The van der Waals surface area contributed by atoms with Gasteiger partial charge in [-0.15, -0.1) is 0 Å². The molecule has 2 N–H and O–H groups in total. The molecule has 0 unspecified atom stereocenters. The number of hydrazone groups is 1. The highest BCUT2D eigenvalue weighted by atomic mass is 16.3. The topological polar surface area (TPSA) is 100 Å². The minimum absolute atomic E-state index is 0.358. The summed E-state index contributed by atoms with van der Waals surface area (Å²) in [6.07, 6.45) is 3.90. The molecule has 1 aliphatic carbocycles. The van der Waals surface area contributed by atoms with Crippen molar-refractivity contribution in [3.8, 4) is 45.3 Å². The monoisotopic (exact) mass is 694 g/mol. The molecular formula is C47H30N6O. The van der Waals surface area contributed by atoms with Gasteiger partial charge in [-0.2, -0.15) is 5.10 Å². The molecule has 9 aromatic rings. The van der Waals surface area contributed by atoms with E-state index in [0.29, 0.717) is 28.9 Å². The SMILES string of the molecule is N=C1/C(=N\Nc2ccccc2)C=Cc2ccc3cc(-c4nc(-c5ccccc5-c5ccccc5)nc(-c5cccc6oc7ccccc7c56)n4)ccc3c21. The molecular weight excluding hydrogens is 665 g/mol. The number of para-hydroxylation sites is 2. The number of nitrogens with one attached hydrogen (secondary N) is 2. The van der Waals surface area contributed by atoms with Crippen molar-refractivity contribution in [1.82, 2.24) is 15.0 Å². The van der Waals surface area contributed by atoms with Crippen LogP contribution in [0.1, 0.15) is 11.1 Å². The largest absolute Gasteiger partial charge is 0.456 e. The lowest BCUT2D eigenvalue weighted by Crippen LogP contribution is -2.18. The molecule has 0 saturated carbocycles. The Morgan fingerprint density at radius 2 is 1.20 bits per heavy atom. The van der Waals surface area contributed by atoms with Crippen LogP contribution in [0.5, 0.6) is 0 Å². The van der Waals surface area contributed by atoms with Crippen LogP contribution in [0.25, 0.3) is 84.1 Å². The fourth-order valence-electron chi connectivity index (χ4n) is 7.27. The van der Waals surface area contributed by atoms with Gasteiger partial charge in [0.15, 0.2) is 17.5 Å². The summed E-state index contributed by atoms with van der Waals surface area (Å²) in [4.78, 5) is 15.5. The Balaban J connectivity index is 1.14. The van der Waals surface area contributed by atoms with E-state index < -0.39 is 0 Å². The molecule has 0 fully saturated rings. The predicted molar refractivity (Wildman–Crippen MR) is 220 cm³/mol. The number of aromatic nitrogens is 3. The number of allylic oxidation sites excluding steroid dienone is 1. The Kier molecular flexibility index (Phi) is 7.47. The van der Waals surface area contributed by atoms with Gasteiger partial charge in [0.2, 0.25) is 0 Å². The van der Waals surface area contributed by atoms with Crippen molar-refractivity contribution in [3.05, 3.63) is 175 Å². The number of benzene rings is 7. The average Bonchev–Trinajstić information content (AvgIpc) is 3.63. The highest BCUT2D eigenvalue weighted by molar-refractivity contribution is 6.55. The molecule has 54 heavy (non-hydrogen) atoms. The van der Waals surface area contributed by atoms with Crippen molar-refractivity contribution in [2.24, 2.45) is 5.10 Å². The Labute approximate surface area is 310 Å². The third kappa shape index (κ3) is 5.43. The first kappa shape index (κ1) is 31.2. The van der Waals surface area contributed by atoms with Crippen LogP contribution in [0, 0.1) is 5.41 Å². The molecule has 2 aromatic heterocycles. The van der Waals surface area contributed by atoms with Crippen molar-refractivity contribution in [2.75, 3.05) is 5.43 Å². The van der Waals surface area contributed by atoms with Gasteiger partial charge in [-0.25, -0.2) is 15.0 Å². The Bertz CT molecular complexity index is 2980. The minimum atomic E-state index is 0.358. The van der Waals surface area contributed by atoms with E-state index in [9.17, 15) is 5.41 Å². The van der Waals surface area contributed by atoms with E-state index in [-0.39, 0.29) is 0 Å². The maximum absolute atomic E-state index is 9.18. The highest BCUT2D eigenvalue weighted by Crippen LogP contribution is 2.38. The standard InChI is InChI=1S/C47H30N6O/c48-44-39(53-52-33-14-5-2-6-15-33)27-25-30-22-23-31-28-32(24-26-35(31)42(30)44)45-49-46(36-17-8-7-16-34(36)29-12-3-1-4-13-29)51-47(50-45)38-19-11-21-41-43(38)37-18-9-10-20-40(37)54-41/h1-28,48,52H/b48-44?,53-39-. The molecule has 10 rings (SSSR count). The number of furan rings is 1. The number of nitrogens with zero attached hydrogens (tertiary/aromatic N) is 4. The molecule has 0 amide bonds. The third-order valence-corrected chi connectivity index (χ3v) is 9.85. The molecule has 0 radical (unpaired) electrons. The fourth-order valence-corrected chi connectivity index (χ4v) is 7.27. The first-order valence-corrected chi connectivity index (χ1v) is 17.7. The lowest BCUT2D eigenvalue weighted by Gasteiger charge is -2.17. The van der Waals surface area contributed by atoms with E-state index in [1.165, 1.54) is 0 Å². The highest BCUT2D eigenvalue weighted by Gasteiger charge is 2.22. The molecule has 7 nitrogen and oxygen atoms in total. The second-order valence-electron chi connectivity index (χ2n) is 13.1. The molecule has 7 aromatic carbocycles. The van der Waals surface area contributed by atoms with Crippen molar-refractivity contribution in [1.29, 1.82) is 5.41 Å². The summed E-state index contributed by atoms with van der Waals surface area (Å²) in [5, 5.41) is 17.6. The van der Waals surface area contributed by atoms with E-state index in [2.05, 4.69) is 65.1 Å². The summed E-state index contributed by atoms with van der Waals surface area (Å²) in [6, 6.07) is 52.7. The van der Waals surface area contributed by atoms with E-state index in [0.717, 1.165) is 77.3 Å². The molecule has 254 valence electrons. The Hall–Kier alpha value is -7.51. The van der Waals surface area contributed by atoms with Crippen LogP contribution in [-0.4, -0.2) is 26.4 Å². The number of fused-ring (bicyclic) bond motifs is 6. The van der Waals surface area contributed by atoms with Crippen LogP contribution >= 0.6 is 0 Å². The molecule has 1 aliphatic rings. The van der Waals surface area contributed by atoms with Crippen LogP contribution in [0.15, 0.2) is 173 Å². The maximum atomic E-state index is 9.18. The molecule has 0 saturated heterocycles. The van der Waals surface area contributed by atoms with E-state index in [1.54, 1.807) is 0 Å². The normalized spacial score (nSPS) is 13.2. The molecule has 0 atom stereocenters. The maximum Gasteiger partial charge on any atom is 0.164 e. The summed E-state index contributed by atoms with van der Waals surface area (Å²) in [6.45, 7) is 0. The lowest BCUT2D eigenvalue weighted by atomic mass is 9.89. The van der Waals surface area contributed by atoms with Crippen LogP contribution in [0.4, 0.5) is 5.69 Å². The summed E-state index contributed by atoms with van der Waals surface area (Å²) < 4.78 is 6.26. The van der Waals surface area contributed by atoms with E-state index >= 15 is 0 Å². The van der Waals surface area contributed by atoms with E-state index in [1.807, 2.05) is 115 Å². The summed E-state index contributed by atoms with van der Waals surface area (Å²) in [7, 11) is 0. The minimum Gasteiger partial charge on any atom is -0.456 e. The number of rotatable bonds is 6. The quantitative estimate of drug-likeness (QED) is 0.169. The zero-order valence-corrected chi connectivity index (χ0v) is 28.9. The van der Waals surface area contributed by atoms with Gasteiger partial charge in [0.25, 0.3) is 0 Å². The van der Waals surface area contributed by atoms with Gasteiger partial charge in [-0.1, -0.05) is 133 Å². The summed E-state index contributed by atoms with van der Waals surface area (Å²) in [5.41, 5.74) is 13.0. The molecule has 0 bridgehead atoms. The Morgan fingerprint density at radius 3 is 2.06 bits per heavy atom. The number of hydrogen-bond acceptors (Lipinski definition) is 7. The van der Waals surface area contributed by atoms with Gasteiger partial charge in [0, 0.05) is 33.0 Å². The first-order valence-electron chi connectivity index (χ1n) is 17.7. The summed E-state index contributed by atoms with van der Waals surface area (Å²) in [5.74, 6) is 1.68. The van der Waals surface area contributed by atoms with Gasteiger partial charge in [0.1, 0.15) is 16.9 Å².